The molecule has 1 saturated carbocycles. The van der Waals surface area contributed by atoms with E-state index >= 15 is 0 Å². The average molecular weight is 299 g/mol. The second kappa shape index (κ2) is 6.67. The van der Waals surface area contributed by atoms with Crippen molar-refractivity contribution in [1.82, 2.24) is 5.32 Å². The predicted molar refractivity (Wildman–Crippen MR) is 90.3 cm³/mol. The Morgan fingerprint density at radius 1 is 1.18 bits per heavy atom. The van der Waals surface area contributed by atoms with E-state index in [9.17, 15) is 5.11 Å². The SMILES string of the molecule is COc1ccc2cc(C(C)NC(CCO)C3CC3)ccc2c1. The molecule has 22 heavy (non-hydrogen) atoms. The molecule has 3 rings (SSSR count). The number of aliphatic hydroxyl groups excluding tert-OH is 1. The second-order valence-corrected chi connectivity index (χ2v) is 6.32. The molecule has 0 aromatic heterocycles. The van der Waals surface area contributed by atoms with Crippen LogP contribution < -0.4 is 10.1 Å². The molecule has 2 N–H and O–H groups in total. The minimum absolute atomic E-state index is 0.262. The molecule has 0 saturated heterocycles. The Morgan fingerprint density at radius 2 is 1.91 bits per heavy atom. The first-order valence-corrected chi connectivity index (χ1v) is 8.16. The highest BCUT2D eigenvalue weighted by Crippen LogP contribution is 2.35. The van der Waals surface area contributed by atoms with Crippen molar-refractivity contribution >= 4 is 10.8 Å². The van der Waals surface area contributed by atoms with Gasteiger partial charge in [0.05, 0.1) is 7.11 Å². The molecule has 1 fully saturated rings. The molecular formula is C19H25NO2. The highest BCUT2D eigenvalue weighted by molar-refractivity contribution is 5.84. The summed E-state index contributed by atoms with van der Waals surface area (Å²) in [5.41, 5.74) is 1.29. The first-order chi connectivity index (χ1) is 10.7. The van der Waals surface area contributed by atoms with Gasteiger partial charge in [-0.25, -0.2) is 0 Å². The summed E-state index contributed by atoms with van der Waals surface area (Å²) in [6.07, 6.45) is 3.43. The zero-order chi connectivity index (χ0) is 15.5. The second-order valence-electron chi connectivity index (χ2n) is 6.32. The average Bonchev–Trinajstić information content (AvgIpc) is 3.38. The minimum atomic E-state index is 0.262. The van der Waals surface area contributed by atoms with Crippen LogP contribution in [0.1, 0.15) is 37.8 Å². The van der Waals surface area contributed by atoms with Gasteiger partial charge in [-0.2, -0.15) is 0 Å². The third-order valence-corrected chi connectivity index (χ3v) is 4.67. The third-order valence-electron chi connectivity index (χ3n) is 4.67. The van der Waals surface area contributed by atoms with Gasteiger partial charge < -0.3 is 15.2 Å². The van der Waals surface area contributed by atoms with E-state index < -0.39 is 0 Å². The Kier molecular flexibility index (Phi) is 4.65. The molecule has 0 bridgehead atoms. The molecule has 118 valence electrons. The normalized spacial score (nSPS) is 17.4. The summed E-state index contributed by atoms with van der Waals surface area (Å²) >= 11 is 0. The largest absolute Gasteiger partial charge is 0.497 e. The summed E-state index contributed by atoms with van der Waals surface area (Å²) in [5.74, 6) is 1.64. The highest BCUT2D eigenvalue weighted by atomic mass is 16.5. The van der Waals surface area contributed by atoms with Crippen molar-refractivity contribution in [2.24, 2.45) is 5.92 Å². The molecular weight excluding hydrogens is 274 g/mol. The van der Waals surface area contributed by atoms with E-state index in [0.717, 1.165) is 18.1 Å². The molecule has 0 aliphatic heterocycles. The third kappa shape index (κ3) is 3.42. The van der Waals surface area contributed by atoms with Gasteiger partial charge in [-0.05, 0) is 66.6 Å². The van der Waals surface area contributed by atoms with Crippen LogP contribution in [0.15, 0.2) is 36.4 Å². The van der Waals surface area contributed by atoms with Crippen LogP contribution in [0.25, 0.3) is 10.8 Å². The maximum atomic E-state index is 9.24. The van der Waals surface area contributed by atoms with Crippen molar-refractivity contribution < 1.29 is 9.84 Å². The Labute approximate surface area is 132 Å². The summed E-state index contributed by atoms with van der Waals surface area (Å²) in [7, 11) is 1.70. The fourth-order valence-corrected chi connectivity index (χ4v) is 3.15. The van der Waals surface area contributed by atoms with Crippen LogP contribution in [-0.2, 0) is 0 Å². The zero-order valence-corrected chi connectivity index (χ0v) is 13.4. The molecule has 0 radical (unpaired) electrons. The van der Waals surface area contributed by atoms with E-state index in [1.165, 1.54) is 29.2 Å². The smallest absolute Gasteiger partial charge is 0.119 e. The summed E-state index contributed by atoms with van der Waals surface area (Å²) in [6, 6.07) is 13.5. The molecule has 2 atom stereocenters. The molecule has 0 heterocycles. The lowest BCUT2D eigenvalue weighted by Crippen LogP contribution is -2.34. The number of hydrogen-bond acceptors (Lipinski definition) is 3. The number of ether oxygens (including phenoxy) is 1. The van der Waals surface area contributed by atoms with Gasteiger partial charge in [0.1, 0.15) is 5.75 Å². The van der Waals surface area contributed by atoms with Gasteiger partial charge in [0.2, 0.25) is 0 Å². The van der Waals surface area contributed by atoms with E-state index in [-0.39, 0.29) is 6.61 Å². The van der Waals surface area contributed by atoms with E-state index in [4.69, 9.17) is 4.74 Å². The van der Waals surface area contributed by atoms with Crippen molar-refractivity contribution in [3.05, 3.63) is 42.0 Å². The van der Waals surface area contributed by atoms with Crippen molar-refractivity contribution in [2.45, 2.75) is 38.3 Å². The maximum Gasteiger partial charge on any atom is 0.119 e. The number of aliphatic hydroxyl groups is 1. The molecule has 0 amide bonds. The first-order valence-electron chi connectivity index (χ1n) is 8.16. The lowest BCUT2D eigenvalue weighted by atomic mass is 10.0. The zero-order valence-electron chi connectivity index (χ0n) is 13.4. The van der Waals surface area contributed by atoms with Crippen LogP contribution in [0, 0.1) is 5.92 Å². The molecule has 2 aromatic carbocycles. The number of nitrogens with one attached hydrogen (secondary N) is 1. The first kappa shape index (κ1) is 15.3. The topological polar surface area (TPSA) is 41.5 Å². The Bertz CT molecular complexity index is 636. The molecule has 3 heteroatoms. The minimum Gasteiger partial charge on any atom is -0.497 e. The molecule has 2 unspecified atom stereocenters. The van der Waals surface area contributed by atoms with E-state index in [1.54, 1.807) is 7.11 Å². The van der Waals surface area contributed by atoms with Gasteiger partial charge in [-0.15, -0.1) is 0 Å². The van der Waals surface area contributed by atoms with Gasteiger partial charge >= 0.3 is 0 Å². The van der Waals surface area contributed by atoms with Crippen LogP contribution in [0.5, 0.6) is 5.75 Å². The maximum absolute atomic E-state index is 9.24. The van der Waals surface area contributed by atoms with Crippen LogP contribution >= 0.6 is 0 Å². The van der Waals surface area contributed by atoms with Crippen LogP contribution in [0.2, 0.25) is 0 Å². The quantitative estimate of drug-likeness (QED) is 0.820. The van der Waals surface area contributed by atoms with Crippen molar-refractivity contribution in [3.8, 4) is 5.75 Å². The fourth-order valence-electron chi connectivity index (χ4n) is 3.15. The molecule has 1 aliphatic rings. The number of methoxy groups -OCH3 is 1. The summed E-state index contributed by atoms with van der Waals surface area (Å²) < 4.78 is 5.28. The Balaban J connectivity index is 1.76. The Hall–Kier alpha value is -1.58. The summed E-state index contributed by atoms with van der Waals surface area (Å²) in [5, 5.41) is 15.4. The van der Waals surface area contributed by atoms with Gasteiger partial charge in [0, 0.05) is 18.7 Å². The van der Waals surface area contributed by atoms with Gasteiger partial charge in [0.15, 0.2) is 0 Å². The monoisotopic (exact) mass is 299 g/mol. The van der Waals surface area contributed by atoms with Crippen LogP contribution in [0.4, 0.5) is 0 Å². The highest BCUT2D eigenvalue weighted by Gasteiger charge is 2.31. The lowest BCUT2D eigenvalue weighted by molar-refractivity contribution is 0.250. The molecule has 1 aliphatic carbocycles. The van der Waals surface area contributed by atoms with E-state index in [1.807, 2.05) is 6.07 Å². The number of benzene rings is 2. The van der Waals surface area contributed by atoms with Crippen LogP contribution in [-0.4, -0.2) is 24.9 Å². The van der Waals surface area contributed by atoms with E-state index in [0.29, 0.717) is 12.1 Å². The lowest BCUT2D eigenvalue weighted by Gasteiger charge is -2.23. The Morgan fingerprint density at radius 3 is 2.59 bits per heavy atom. The number of fused-ring (bicyclic) bond motifs is 1. The number of hydrogen-bond donors (Lipinski definition) is 2. The predicted octanol–water partition coefficient (Wildman–Crippen LogP) is 3.66. The summed E-state index contributed by atoms with van der Waals surface area (Å²) in [6.45, 7) is 2.47. The van der Waals surface area contributed by atoms with Gasteiger partial charge in [-0.3, -0.25) is 0 Å². The van der Waals surface area contributed by atoms with Crippen LogP contribution in [0.3, 0.4) is 0 Å². The molecule has 0 spiro atoms. The van der Waals surface area contributed by atoms with Crippen molar-refractivity contribution in [2.75, 3.05) is 13.7 Å². The number of rotatable bonds is 7. The fraction of sp³-hybridized carbons (Fsp3) is 0.474. The van der Waals surface area contributed by atoms with E-state index in [2.05, 4.69) is 42.6 Å². The summed E-state index contributed by atoms with van der Waals surface area (Å²) in [4.78, 5) is 0. The van der Waals surface area contributed by atoms with Gasteiger partial charge in [0.25, 0.3) is 0 Å². The van der Waals surface area contributed by atoms with Crippen molar-refractivity contribution in [1.29, 1.82) is 0 Å². The van der Waals surface area contributed by atoms with Crippen molar-refractivity contribution in [3.63, 3.8) is 0 Å². The van der Waals surface area contributed by atoms with Gasteiger partial charge in [-0.1, -0.05) is 18.2 Å². The molecule has 3 nitrogen and oxygen atoms in total. The molecule has 2 aromatic rings. The standard InChI is InChI=1S/C19H25NO2/c1-13(20-19(9-10-21)14-3-4-14)15-5-6-17-12-18(22-2)8-7-16(17)11-15/h5-8,11-14,19-21H,3-4,9-10H2,1-2H3.